The highest BCUT2D eigenvalue weighted by atomic mass is 35.5. The first-order valence-electron chi connectivity index (χ1n) is 18.9. The maximum atomic E-state index is 8.27. The molecule has 0 unspecified atom stereocenters. The van der Waals surface area contributed by atoms with Gasteiger partial charge in [-0.2, -0.15) is 4.58 Å². The average molecular weight is 786 g/mol. The molecule has 4 rings (SSSR count). The van der Waals surface area contributed by atoms with Gasteiger partial charge in [-0.05, 0) is 37.1 Å². The summed E-state index contributed by atoms with van der Waals surface area (Å²) in [4.78, 5) is 5.07. The largest absolute Gasteiger partial charge is 1.00 e. The molecule has 2 aliphatic rings. The van der Waals surface area contributed by atoms with Gasteiger partial charge < -0.3 is 55.2 Å². The Hall–Kier alpha value is -3.33. The van der Waals surface area contributed by atoms with Crippen LogP contribution in [0.3, 0.4) is 0 Å². The molecule has 0 spiro atoms. The van der Waals surface area contributed by atoms with Crippen molar-refractivity contribution in [3.05, 3.63) is 94.0 Å². The first kappa shape index (κ1) is 46.1. The topological polar surface area (TPSA) is 129 Å². The number of anilines is 1. The minimum atomic E-state index is -0.204. The van der Waals surface area contributed by atoms with Crippen molar-refractivity contribution in [1.82, 2.24) is 0 Å². The van der Waals surface area contributed by atoms with E-state index in [1.54, 1.807) is 7.11 Å². The van der Waals surface area contributed by atoms with E-state index in [2.05, 4.69) is 114 Å². The predicted molar refractivity (Wildman–Crippen MR) is 210 cm³/mol. The lowest BCUT2D eigenvalue weighted by Crippen LogP contribution is -3.00. The second kappa shape index (κ2) is 25.0. The summed E-state index contributed by atoms with van der Waals surface area (Å²) in [5, 5.41) is 3.42. The van der Waals surface area contributed by atoms with E-state index in [0.29, 0.717) is 106 Å². The van der Waals surface area contributed by atoms with Crippen molar-refractivity contribution in [3.8, 4) is 0 Å². The van der Waals surface area contributed by atoms with Gasteiger partial charge in [-0.25, -0.2) is 0 Å². The third-order valence-corrected chi connectivity index (χ3v) is 9.48. The number of benzene rings is 2. The molecule has 2 aromatic rings. The van der Waals surface area contributed by atoms with Crippen LogP contribution in [0.25, 0.3) is 10.4 Å². The fraction of sp³-hybridized carbons (Fsp3) is 0.585. The van der Waals surface area contributed by atoms with Crippen LogP contribution in [0, 0.1) is 0 Å². The standard InChI is InChI=1S/C41H60N5O8.ClH/c1-40(2)34-11-6-8-13-36(34)45(18-20-49-24-26-52-30-29-51-25-23-48-19-17-43-44-42)38(40)15-10-16-39-41(3,4)35-12-7-9-14-37(35)46(39)33-54-32-31-53-28-27-50-22-21-47-5;/h6-16H,17-33H2,1-5H3;1H/q+1;/p-1. The van der Waals surface area contributed by atoms with Crippen LogP contribution in [-0.2, 0) is 48.7 Å². The van der Waals surface area contributed by atoms with Crippen LogP contribution in [0.4, 0.5) is 11.4 Å². The highest BCUT2D eigenvalue weighted by Gasteiger charge is 2.44. The molecule has 2 heterocycles. The van der Waals surface area contributed by atoms with Crippen molar-refractivity contribution < 1.29 is 54.9 Å². The zero-order chi connectivity index (χ0) is 38.5. The van der Waals surface area contributed by atoms with Crippen molar-refractivity contribution in [3.63, 3.8) is 0 Å². The third-order valence-electron chi connectivity index (χ3n) is 9.48. The van der Waals surface area contributed by atoms with Gasteiger partial charge in [0.2, 0.25) is 5.69 Å². The van der Waals surface area contributed by atoms with Crippen LogP contribution >= 0.6 is 0 Å². The number of para-hydroxylation sites is 2. The number of hydrogen-bond acceptors (Lipinski definition) is 10. The van der Waals surface area contributed by atoms with Crippen molar-refractivity contribution >= 4 is 17.1 Å². The molecular weight excluding hydrogens is 726 g/mol. The Morgan fingerprint density at radius 3 is 1.82 bits per heavy atom. The van der Waals surface area contributed by atoms with Crippen molar-refractivity contribution in [2.24, 2.45) is 5.11 Å². The van der Waals surface area contributed by atoms with Gasteiger partial charge in [-0.15, -0.1) is 0 Å². The highest BCUT2D eigenvalue weighted by Crippen LogP contribution is 2.47. The van der Waals surface area contributed by atoms with Gasteiger partial charge in [0.05, 0.1) is 97.9 Å². The van der Waals surface area contributed by atoms with Crippen LogP contribution in [0.2, 0.25) is 0 Å². The predicted octanol–water partition coefficient (Wildman–Crippen LogP) is 3.34. The maximum Gasteiger partial charge on any atom is 0.253 e. The molecule has 0 N–H and O–H groups in total. The van der Waals surface area contributed by atoms with Crippen molar-refractivity contribution in [2.45, 2.75) is 38.5 Å². The number of fused-ring (bicyclic) bond motifs is 2. The maximum absolute atomic E-state index is 8.27. The number of methoxy groups -OCH3 is 1. The van der Waals surface area contributed by atoms with Gasteiger partial charge in [0, 0.05) is 59.6 Å². The third kappa shape index (κ3) is 13.7. The Balaban J connectivity index is 0.00000812. The van der Waals surface area contributed by atoms with E-state index >= 15 is 0 Å². The molecule has 304 valence electrons. The summed E-state index contributed by atoms with van der Waals surface area (Å²) < 4.78 is 47.1. The van der Waals surface area contributed by atoms with E-state index in [1.165, 1.54) is 28.2 Å². The Bertz CT molecular complexity index is 1580. The van der Waals surface area contributed by atoms with Crippen molar-refractivity contribution in [2.75, 3.05) is 124 Å². The second-order valence-electron chi connectivity index (χ2n) is 13.8. The van der Waals surface area contributed by atoms with Gasteiger partial charge in [0.1, 0.15) is 0 Å². The summed E-state index contributed by atoms with van der Waals surface area (Å²) in [6.07, 6.45) is 6.67. The molecule has 14 heteroatoms. The molecule has 0 atom stereocenters. The molecule has 0 fully saturated rings. The Morgan fingerprint density at radius 2 is 1.20 bits per heavy atom. The van der Waals surface area contributed by atoms with Crippen LogP contribution in [0.1, 0.15) is 38.8 Å². The summed E-state index contributed by atoms with van der Waals surface area (Å²) >= 11 is 0. The first-order chi connectivity index (χ1) is 26.3. The van der Waals surface area contributed by atoms with E-state index < -0.39 is 0 Å². The van der Waals surface area contributed by atoms with E-state index in [4.69, 9.17) is 43.4 Å². The lowest BCUT2D eigenvalue weighted by molar-refractivity contribution is -0.489. The van der Waals surface area contributed by atoms with E-state index in [-0.39, 0.29) is 23.2 Å². The fourth-order valence-corrected chi connectivity index (χ4v) is 6.70. The smallest absolute Gasteiger partial charge is 0.253 e. The summed E-state index contributed by atoms with van der Waals surface area (Å²) in [6.45, 7) is 17.6. The molecule has 55 heavy (non-hydrogen) atoms. The summed E-state index contributed by atoms with van der Waals surface area (Å²) in [7, 11) is 1.66. The lowest BCUT2D eigenvalue weighted by Gasteiger charge is -2.27. The zero-order valence-electron chi connectivity index (χ0n) is 33.3. The van der Waals surface area contributed by atoms with Crippen LogP contribution in [-0.4, -0.2) is 130 Å². The molecule has 0 radical (unpaired) electrons. The molecule has 2 aromatic carbocycles. The molecule has 2 aliphatic heterocycles. The van der Waals surface area contributed by atoms with E-state index in [9.17, 15) is 0 Å². The number of halogens is 1. The zero-order valence-corrected chi connectivity index (χ0v) is 34.0. The molecule has 0 bridgehead atoms. The Kier molecular flexibility index (Phi) is 21.0. The van der Waals surface area contributed by atoms with Crippen LogP contribution in [0.15, 0.2) is 77.6 Å². The monoisotopic (exact) mass is 785 g/mol. The molecule has 13 nitrogen and oxygen atoms in total. The van der Waals surface area contributed by atoms with E-state index in [0.717, 1.165) is 12.2 Å². The molecule has 0 aliphatic carbocycles. The van der Waals surface area contributed by atoms with Crippen LogP contribution < -0.4 is 17.3 Å². The van der Waals surface area contributed by atoms with Gasteiger partial charge in [0.25, 0.3) is 6.73 Å². The number of nitrogens with zero attached hydrogens (tertiary/aromatic N) is 5. The van der Waals surface area contributed by atoms with Crippen molar-refractivity contribution in [1.29, 1.82) is 0 Å². The van der Waals surface area contributed by atoms with Gasteiger partial charge in [-0.1, -0.05) is 61.4 Å². The van der Waals surface area contributed by atoms with Gasteiger partial charge >= 0.3 is 0 Å². The van der Waals surface area contributed by atoms with E-state index in [1.807, 2.05) is 0 Å². The first-order valence-corrected chi connectivity index (χ1v) is 18.9. The fourth-order valence-electron chi connectivity index (χ4n) is 6.70. The van der Waals surface area contributed by atoms with Crippen LogP contribution in [0.5, 0.6) is 0 Å². The minimum absolute atomic E-state index is 0. The highest BCUT2D eigenvalue weighted by molar-refractivity contribution is 6.03. The number of hydrogen-bond donors (Lipinski definition) is 0. The second-order valence-corrected chi connectivity index (χ2v) is 13.8. The Labute approximate surface area is 333 Å². The Morgan fingerprint density at radius 1 is 0.673 bits per heavy atom. The normalized spacial score (nSPS) is 16.1. The molecule has 0 saturated heterocycles. The number of rotatable bonds is 28. The minimum Gasteiger partial charge on any atom is -1.00 e. The molecule has 0 amide bonds. The number of allylic oxidation sites excluding steroid dienone is 4. The quantitative estimate of drug-likeness (QED) is 0.0420. The molecule has 0 aromatic heterocycles. The molecular formula is C41H60ClN5O8. The number of ether oxygens (including phenoxy) is 8. The summed E-state index contributed by atoms with van der Waals surface area (Å²) in [5.74, 6) is 0. The van der Waals surface area contributed by atoms with Gasteiger partial charge in [0.15, 0.2) is 5.71 Å². The molecule has 0 saturated carbocycles. The SMILES string of the molecule is COCCOCCOCCOC[N+]1=C(C=CC=C2N(CCOCCOCCOCCOCCN=[N+]=[N-])c3ccccc3C2(C)C)C(C)(C)c2ccccc21.[Cl-]. The average Bonchev–Trinajstić information content (AvgIpc) is 3.52. The summed E-state index contributed by atoms with van der Waals surface area (Å²) in [6, 6.07) is 17.2. The summed E-state index contributed by atoms with van der Waals surface area (Å²) in [5.41, 5.74) is 15.2. The van der Waals surface area contributed by atoms with Gasteiger partial charge in [-0.3, -0.25) is 0 Å². The lowest BCUT2D eigenvalue weighted by atomic mass is 9.81. The number of azide groups is 1.